The lowest BCUT2D eigenvalue weighted by Crippen LogP contribution is -2.52. The number of benzene rings is 3. The van der Waals surface area contributed by atoms with Gasteiger partial charge in [0.1, 0.15) is 18.3 Å². The molecule has 1 N–H and O–H groups in total. The maximum atomic E-state index is 14.1. The van der Waals surface area contributed by atoms with Gasteiger partial charge in [0.15, 0.2) is 0 Å². The van der Waals surface area contributed by atoms with E-state index in [-0.39, 0.29) is 29.1 Å². The van der Waals surface area contributed by atoms with Gasteiger partial charge < -0.3 is 15.0 Å². The summed E-state index contributed by atoms with van der Waals surface area (Å²) in [5.41, 5.74) is 0.981. The maximum absolute atomic E-state index is 14.1. The Balaban J connectivity index is 2.08. The number of carbonyl (C=O) groups is 2. The van der Waals surface area contributed by atoms with Gasteiger partial charge in [-0.3, -0.25) is 13.9 Å². The van der Waals surface area contributed by atoms with E-state index in [1.165, 1.54) is 29.2 Å². The van der Waals surface area contributed by atoms with Crippen LogP contribution in [0.5, 0.6) is 5.75 Å². The van der Waals surface area contributed by atoms with Crippen molar-refractivity contribution in [3.8, 4) is 5.75 Å². The topological polar surface area (TPSA) is 96.0 Å². The molecular weight excluding hydrogens is 630 g/mol. The smallest absolute Gasteiger partial charge is 0.264 e. The van der Waals surface area contributed by atoms with Crippen molar-refractivity contribution in [2.45, 2.75) is 57.6 Å². The van der Waals surface area contributed by atoms with Crippen molar-refractivity contribution in [3.05, 3.63) is 87.9 Å². The average Bonchev–Trinajstić information content (AvgIpc) is 2.95. The molecule has 2 atom stereocenters. The first-order valence-electron chi connectivity index (χ1n) is 13.3. The van der Waals surface area contributed by atoms with E-state index in [2.05, 4.69) is 21.2 Å². The number of amides is 2. The zero-order chi connectivity index (χ0) is 30.2. The van der Waals surface area contributed by atoms with E-state index in [0.29, 0.717) is 17.4 Å². The third-order valence-electron chi connectivity index (χ3n) is 6.52. The van der Waals surface area contributed by atoms with E-state index in [0.717, 1.165) is 20.8 Å². The number of ether oxygens (including phenoxy) is 1. The van der Waals surface area contributed by atoms with E-state index in [4.69, 9.17) is 16.3 Å². The molecule has 41 heavy (non-hydrogen) atoms. The van der Waals surface area contributed by atoms with Crippen LogP contribution in [0.15, 0.2) is 82.2 Å². The maximum Gasteiger partial charge on any atom is 0.264 e. The van der Waals surface area contributed by atoms with Gasteiger partial charge in [0.05, 0.1) is 17.2 Å². The summed E-state index contributed by atoms with van der Waals surface area (Å²) < 4.78 is 35.6. The number of rotatable bonds is 13. The number of sulfonamides is 1. The number of hydrogen-bond donors (Lipinski definition) is 1. The minimum absolute atomic E-state index is 0.0397. The van der Waals surface area contributed by atoms with Crippen molar-refractivity contribution in [3.63, 3.8) is 0 Å². The van der Waals surface area contributed by atoms with Gasteiger partial charge in [-0.15, -0.1) is 0 Å². The highest BCUT2D eigenvalue weighted by molar-refractivity contribution is 9.10. The number of nitrogens with one attached hydrogen (secondary N) is 1. The average molecular weight is 665 g/mol. The van der Waals surface area contributed by atoms with Gasteiger partial charge in [-0.2, -0.15) is 0 Å². The number of carbonyl (C=O) groups excluding carboxylic acids is 2. The van der Waals surface area contributed by atoms with Gasteiger partial charge in [-0.05, 0) is 81.3 Å². The predicted octanol–water partition coefficient (Wildman–Crippen LogP) is 6.03. The lowest BCUT2D eigenvalue weighted by atomic mass is 10.1. The highest BCUT2D eigenvalue weighted by Gasteiger charge is 2.34. The van der Waals surface area contributed by atoms with E-state index in [1.54, 1.807) is 38.1 Å². The van der Waals surface area contributed by atoms with Crippen LogP contribution in [-0.2, 0) is 26.2 Å². The first-order chi connectivity index (χ1) is 19.5. The molecule has 3 rings (SSSR count). The molecule has 8 nitrogen and oxygen atoms in total. The molecule has 0 aromatic heterocycles. The number of anilines is 1. The number of hydrogen-bond acceptors (Lipinski definition) is 5. The summed E-state index contributed by atoms with van der Waals surface area (Å²) in [7, 11) is -4.25. The quantitative estimate of drug-likeness (QED) is 0.241. The van der Waals surface area contributed by atoms with Crippen LogP contribution in [0.25, 0.3) is 0 Å². The molecule has 0 saturated heterocycles. The Morgan fingerprint density at radius 2 is 1.68 bits per heavy atom. The Morgan fingerprint density at radius 3 is 2.32 bits per heavy atom. The minimum atomic E-state index is -4.25. The third kappa shape index (κ3) is 8.47. The molecule has 0 unspecified atom stereocenters. The Kier molecular flexibility index (Phi) is 11.6. The van der Waals surface area contributed by atoms with Gasteiger partial charge >= 0.3 is 0 Å². The second-order valence-corrected chi connectivity index (χ2v) is 12.7. The van der Waals surface area contributed by atoms with Gasteiger partial charge in [-0.25, -0.2) is 8.42 Å². The molecule has 3 aromatic carbocycles. The summed E-state index contributed by atoms with van der Waals surface area (Å²) in [6.45, 7) is 7.09. The van der Waals surface area contributed by atoms with Crippen LogP contribution in [0, 0.1) is 0 Å². The Hall–Kier alpha value is -3.08. The molecule has 11 heteroatoms. The molecule has 0 radical (unpaired) electrons. The molecule has 0 heterocycles. The summed E-state index contributed by atoms with van der Waals surface area (Å²) in [6, 6.07) is 18.8. The second kappa shape index (κ2) is 14.7. The Bertz CT molecular complexity index is 1450. The summed E-state index contributed by atoms with van der Waals surface area (Å²) in [6.07, 6.45) is 0.722. The van der Waals surface area contributed by atoms with Crippen molar-refractivity contribution < 1.29 is 22.7 Å². The van der Waals surface area contributed by atoms with Crippen LogP contribution in [0.1, 0.15) is 39.7 Å². The fourth-order valence-electron chi connectivity index (χ4n) is 4.07. The fraction of sp³-hybridized carbons (Fsp3) is 0.333. The van der Waals surface area contributed by atoms with E-state index < -0.39 is 28.5 Å². The molecule has 0 spiro atoms. The molecule has 3 aromatic rings. The molecule has 0 aliphatic rings. The molecule has 2 amide bonds. The van der Waals surface area contributed by atoms with Gasteiger partial charge in [0.25, 0.3) is 10.0 Å². The summed E-state index contributed by atoms with van der Waals surface area (Å²) in [5, 5.41) is 3.31. The van der Waals surface area contributed by atoms with Crippen LogP contribution in [0.3, 0.4) is 0 Å². The SMILES string of the molecule is CCOc1ccccc1N(CC(=O)N(Cc1cccc(Br)c1)[C@H](C)C(=O)N[C@@H](C)CC)S(=O)(=O)c1ccc(Cl)cc1. The van der Waals surface area contributed by atoms with Gasteiger partial charge in [-0.1, -0.05) is 58.7 Å². The first kappa shape index (κ1) is 32.4. The minimum Gasteiger partial charge on any atom is -0.492 e. The van der Waals surface area contributed by atoms with Crippen LogP contribution in [-0.4, -0.2) is 50.4 Å². The normalized spacial score (nSPS) is 12.7. The molecule has 0 aliphatic heterocycles. The van der Waals surface area contributed by atoms with Crippen molar-refractivity contribution >= 4 is 55.1 Å². The number of nitrogens with zero attached hydrogens (tertiary/aromatic N) is 2. The summed E-state index contributed by atoms with van der Waals surface area (Å²) in [4.78, 5) is 28.6. The number of halogens is 2. The highest BCUT2D eigenvalue weighted by Crippen LogP contribution is 2.33. The lowest BCUT2D eigenvalue weighted by molar-refractivity contribution is -0.139. The van der Waals surface area contributed by atoms with Crippen LogP contribution in [0.2, 0.25) is 5.02 Å². The zero-order valence-electron chi connectivity index (χ0n) is 23.5. The Labute approximate surface area is 255 Å². The summed E-state index contributed by atoms with van der Waals surface area (Å²) >= 11 is 9.47. The van der Waals surface area contributed by atoms with Crippen LogP contribution >= 0.6 is 27.5 Å². The molecule has 0 aliphatic carbocycles. The van der Waals surface area contributed by atoms with Crippen molar-refractivity contribution in [1.82, 2.24) is 10.2 Å². The van der Waals surface area contributed by atoms with E-state index in [1.807, 2.05) is 38.1 Å². The standard InChI is InChI=1S/C30H35BrClN3O5S/c1-5-21(3)33-30(37)22(4)34(19-23-10-9-11-24(31)18-23)29(36)20-35(27-12-7-8-13-28(27)40-6-2)41(38,39)26-16-14-25(32)15-17-26/h7-18,21-22H,5-6,19-20H2,1-4H3,(H,33,37)/t21-,22+/m0/s1. The van der Waals surface area contributed by atoms with Crippen molar-refractivity contribution in [1.29, 1.82) is 0 Å². The summed E-state index contributed by atoms with van der Waals surface area (Å²) in [5.74, 6) is -0.577. The second-order valence-electron chi connectivity index (χ2n) is 9.51. The lowest BCUT2D eigenvalue weighted by Gasteiger charge is -2.33. The van der Waals surface area contributed by atoms with Crippen molar-refractivity contribution in [2.24, 2.45) is 0 Å². The zero-order valence-corrected chi connectivity index (χ0v) is 26.7. The molecule has 0 saturated carbocycles. The van der Waals surface area contributed by atoms with Crippen LogP contribution < -0.4 is 14.4 Å². The number of para-hydroxylation sites is 2. The molecular formula is C30H35BrClN3O5S. The monoisotopic (exact) mass is 663 g/mol. The largest absolute Gasteiger partial charge is 0.492 e. The van der Waals surface area contributed by atoms with E-state index >= 15 is 0 Å². The van der Waals surface area contributed by atoms with Crippen LogP contribution in [0.4, 0.5) is 5.69 Å². The first-order valence-corrected chi connectivity index (χ1v) is 15.9. The van der Waals surface area contributed by atoms with Crippen molar-refractivity contribution in [2.75, 3.05) is 17.5 Å². The molecule has 220 valence electrons. The fourth-order valence-corrected chi connectivity index (χ4v) is 6.07. The highest BCUT2D eigenvalue weighted by atomic mass is 79.9. The van der Waals surface area contributed by atoms with Gasteiger partial charge in [0, 0.05) is 22.1 Å². The van der Waals surface area contributed by atoms with E-state index in [9.17, 15) is 18.0 Å². The Morgan fingerprint density at radius 1 is 1.00 bits per heavy atom. The van der Waals surface area contributed by atoms with Gasteiger partial charge in [0.2, 0.25) is 11.8 Å². The molecule has 0 bridgehead atoms. The molecule has 0 fully saturated rings. The predicted molar refractivity (Wildman–Crippen MR) is 166 cm³/mol. The third-order valence-corrected chi connectivity index (χ3v) is 9.04.